The van der Waals surface area contributed by atoms with Gasteiger partial charge in [0.05, 0.1) is 23.9 Å². The second-order valence-corrected chi connectivity index (χ2v) is 10.1. The molecule has 12 heteroatoms. The number of benzene rings is 3. The lowest BCUT2D eigenvalue weighted by molar-refractivity contribution is 0.0841. The van der Waals surface area contributed by atoms with Crippen molar-refractivity contribution in [2.45, 2.75) is 12.8 Å². The Labute approximate surface area is 244 Å². The van der Waals surface area contributed by atoms with E-state index in [9.17, 15) is 23.6 Å². The first-order chi connectivity index (χ1) is 20.7. The summed E-state index contributed by atoms with van der Waals surface area (Å²) in [6.07, 6.45) is 1.22. The molecule has 1 saturated heterocycles. The number of nitrogen functional groups attached to an aromatic ring is 1. The van der Waals surface area contributed by atoms with Crippen molar-refractivity contribution in [3.05, 3.63) is 104 Å². The highest BCUT2D eigenvalue weighted by Gasteiger charge is 2.29. The number of carbonyl (C=O) groups excluding carboxylic acids is 2. The van der Waals surface area contributed by atoms with Crippen molar-refractivity contribution in [3.8, 4) is 5.75 Å². The van der Waals surface area contributed by atoms with Gasteiger partial charge in [-0.1, -0.05) is 12.1 Å². The van der Waals surface area contributed by atoms with Gasteiger partial charge in [0.1, 0.15) is 17.4 Å². The summed E-state index contributed by atoms with van der Waals surface area (Å²) in [6, 6.07) is 15.2. The van der Waals surface area contributed by atoms with Crippen LogP contribution >= 0.6 is 0 Å². The number of Topliss-reactive ketones (excluding diaryl/α,β-unsaturated/α-hetero) is 1. The van der Waals surface area contributed by atoms with Crippen molar-refractivity contribution < 1.29 is 27.6 Å². The number of ketones is 1. The highest BCUT2D eigenvalue weighted by Crippen LogP contribution is 2.31. The molecule has 3 N–H and O–H groups in total. The van der Waals surface area contributed by atoms with Crippen LogP contribution in [0.1, 0.15) is 39.1 Å². The number of halogens is 1. The van der Waals surface area contributed by atoms with Crippen LogP contribution in [0.3, 0.4) is 0 Å². The summed E-state index contributed by atoms with van der Waals surface area (Å²) in [5.41, 5.74) is 3.32. The molecule has 0 saturated carbocycles. The molecule has 1 aliphatic heterocycles. The van der Waals surface area contributed by atoms with Crippen LogP contribution in [0.15, 0.2) is 79.1 Å². The van der Waals surface area contributed by atoms with Crippen LogP contribution < -0.4 is 26.6 Å². The number of carbonyl (C=O) groups is 2. The lowest BCUT2D eigenvalue weighted by Gasteiger charge is -2.33. The van der Waals surface area contributed by atoms with Gasteiger partial charge in [-0.25, -0.2) is 14.0 Å². The molecule has 1 amide bonds. The van der Waals surface area contributed by atoms with E-state index in [1.807, 2.05) is 0 Å². The second-order valence-electron chi connectivity index (χ2n) is 10.1. The van der Waals surface area contributed by atoms with Crippen molar-refractivity contribution in [2.75, 3.05) is 38.2 Å². The molecule has 0 atom stereocenters. The molecule has 222 valence electrons. The molecule has 1 aromatic heterocycles. The quantitative estimate of drug-likeness (QED) is 0.129. The molecule has 0 bridgehead atoms. The zero-order chi connectivity index (χ0) is 30.7. The van der Waals surface area contributed by atoms with Gasteiger partial charge in [-0.2, -0.15) is 0 Å². The zero-order valence-corrected chi connectivity index (χ0v) is 23.3. The smallest absolute Gasteiger partial charge is 0.423 e. The van der Waals surface area contributed by atoms with Gasteiger partial charge in [-0.15, -0.1) is 0 Å². The Balaban J connectivity index is 1.40. The van der Waals surface area contributed by atoms with E-state index < -0.39 is 28.8 Å². The summed E-state index contributed by atoms with van der Waals surface area (Å²) >= 11 is 0. The van der Waals surface area contributed by atoms with Crippen LogP contribution in [0.4, 0.5) is 10.1 Å². The minimum absolute atomic E-state index is 0.00528. The number of amides is 1. The Hall–Kier alpha value is -5.10. The number of ether oxygens (including phenoxy) is 1. The van der Waals surface area contributed by atoms with Gasteiger partial charge in [-0.3, -0.25) is 15.0 Å². The third-order valence-electron chi connectivity index (χ3n) is 7.54. The molecule has 11 nitrogen and oxygen atoms in total. The number of likely N-dealkylation sites (tertiary alicyclic amines) is 1. The normalized spacial score (nSPS) is 14.0. The van der Waals surface area contributed by atoms with E-state index in [2.05, 4.69) is 4.90 Å². The molecule has 1 aliphatic rings. The number of anilines is 1. The third-order valence-corrected chi connectivity index (χ3v) is 7.54. The first kappa shape index (κ1) is 29.4. The maximum Gasteiger partial charge on any atom is 0.423 e. The summed E-state index contributed by atoms with van der Waals surface area (Å²) in [4.78, 5) is 54.7. The predicted octanol–water partition coefficient (Wildman–Crippen LogP) is 3.42. The Morgan fingerprint density at radius 2 is 1.58 bits per heavy atom. The van der Waals surface area contributed by atoms with E-state index in [0.29, 0.717) is 49.5 Å². The van der Waals surface area contributed by atoms with Gasteiger partial charge < -0.3 is 29.1 Å². The molecule has 3 aromatic carbocycles. The minimum Gasteiger partial charge on any atom is -0.495 e. The molecule has 43 heavy (non-hydrogen) atoms. The van der Waals surface area contributed by atoms with E-state index >= 15 is 0 Å². The number of nitrogens with one attached hydrogen (secondary N) is 1. The predicted molar refractivity (Wildman–Crippen MR) is 157 cm³/mol. The standard InChI is InChI=1S/C31H29FN4O7/c1-41-24-5-3-2-4-23(24)36(17-16-35-14-12-19(13-15-35)25(37)18-6-8-20(32)9-7-18)29(38)22-11-10-21(28(33)34)26-27(22)43-31(40)30(39)42-26/h2-11,19H,12-17H2,1H3,(H3,33,34). The first-order valence-electron chi connectivity index (χ1n) is 13.6. The molecule has 0 unspecified atom stereocenters. The maximum absolute atomic E-state index is 14.1. The lowest BCUT2D eigenvalue weighted by atomic mass is 9.89. The van der Waals surface area contributed by atoms with Crippen LogP contribution in [-0.4, -0.2) is 55.7 Å². The maximum atomic E-state index is 14.1. The fraction of sp³-hybridized carbons (Fsp3) is 0.258. The molecule has 4 aromatic rings. The summed E-state index contributed by atoms with van der Waals surface area (Å²) in [6.45, 7) is 1.88. The number of hydrogen-bond donors (Lipinski definition) is 2. The number of rotatable bonds is 9. The van der Waals surface area contributed by atoms with E-state index in [1.54, 1.807) is 24.3 Å². The van der Waals surface area contributed by atoms with Gasteiger partial charge in [0.25, 0.3) is 5.91 Å². The number of nitrogens with two attached hydrogens (primary N) is 1. The van der Waals surface area contributed by atoms with Crippen molar-refractivity contribution in [1.82, 2.24) is 4.90 Å². The number of methoxy groups -OCH3 is 1. The topological polar surface area (TPSA) is 160 Å². The summed E-state index contributed by atoms with van der Waals surface area (Å²) in [5.74, 6) is -1.17. The number of amidine groups is 1. The molecule has 1 fully saturated rings. The highest BCUT2D eigenvalue weighted by atomic mass is 19.1. The average molecular weight is 589 g/mol. The summed E-state index contributed by atoms with van der Waals surface area (Å²) < 4.78 is 29.1. The monoisotopic (exact) mass is 588 g/mol. The van der Waals surface area contributed by atoms with Crippen molar-refractivity contribution in [1.29, 1.82) is 5.41 Å². The largest absolute Gasteiger partial charge is 0.495 e. The highest BCUT2D eigenvalue weighted by molar-refractivity contribution is 6.15. The SMILES string of the molecule is COc1ccccc1N(CCN1CCC(C(=O)c2ccc(F)cc2)CC1)C(=O)c1ccc(C(=N)N)c2oc(=O)c(=O)oc12. The Bertz CT molecular complexity index is 1810. The fourth-order valence-corrected chi connectivity index (χ4v) is 5.25. The Morgan fingerprint density at radius 1 is 0.977 bits per heavy atom. The molecule has 0 radical (unpaired) electrons. The van der Waals surface area contributed by atoms with E-state index in [0.717, 1.165) is 0 Å². The molecular weight excluding hydrogens is 559 g/mol. The summed E-state index contributed by atoms with van der Waals surface area (Å²) in [5, 5.41) is 7.81. The fourth-order valence-electron chi connectivity index (χ4n) is 5.25. The van der Waals surface area contributed by atoms with E-state index in [-0.39, 0.29) is 40.5 Å². The lowest BCUT2D eigenvalue weighted by Crippen LogP contribution is -2.43. The molecular formula is C31H29FN4O7. The van der Waals surface area contributed by atoms with E-state index in [4.69, 9.17) is 24.7 Å². The van der Waals surface area contributed by atoms with Gasteiger partial charge in [0, 0.05) is 24.6 Å². The van der Waals surface area contributed by atoms with Crippen LogP contribution in [0.2, 0.25) is 0 Å². The Morgan fingerprint density at radius 3 is 2.21 bits per heavy atom. The molecule has 0 aliphatic carbocycles. The van der Waals surface area contributed by atoms with Gasteiger partial charge in [0.15, 0.2) is 16.9 Å². The molecule has 2 heterocycles. The third kappa shape index (κ3) is 6.09. The Kier molecular flexibility index (Phi) is 8.48. The van der Waals surface area contributed by atoms with Crippen LogP contribution in [0.5, 0.6) is 5.75 Å². The average Bonchev–Trinajstić information content (AvgIpc) is 3.01. The number of nitrogens with zero attached hydrogens (tertiary/aromatic N) is 2. The van der Waals surface area contributed by atoms with Crippen molar-refractivity contribution in [2.24, 2.45) is 11.7 Å². The van der Waals surface area contributed by atoms with E-state index in [1.165, 1.54) is 48.4 Å². The number of para-hydroxylation sites is 2. The zero-order valence-electron chi connectivity index (χ0n) is 23.3. The summed E-state index contributed by atoms with van der Waals surface area (Å²) in [7, 11) is 1.48. The second kappa shape index (κ2) is 12.4. The van der Waals surface area contributed by atoms with Gasteiger partial charge in [-0.05, 0) is 74.5 Å². The van der Waals surface area contributed by atoms with Gasteiger partial charge in [0.2, 0.25) is 0 Å². The van der Waals surface area contributed by atoms with Crippen molar-refractivity contribution >= 4 is 34.4 Å². The van der Waals surface area contributed by atoms with Crippen LogP contribution in [0.25, 0.3) is 11.2 Å². The first-order valence-corrected chi connectivity index (χ1v) is 13.6. The number of fused-ring (bicyclic) bond motifs is 1. The minimum atomic E-state index is -1.30. The van der Waals surface area contributed by atoms with Gasteiger partial charge >= 0.3 is 11.3 Å². The molecule has 5 rings (SSSR count). The van der Waals surface area contributed by atoms with Crippen LogP contribution in [0, 0.1) is 17.1 Å². The van der Waals surface area contributed by atoms with Crippen molar-refractivity contribution in [3.63, 3.8) is 0 Å². The molecule has 0 spiro atoms. The number of piperidine rings is 1. The van der Waals surface area contributed by atoms with Crippen LogP contribution in [-0.2, 0) is 0 Å². The number of hydrogen-bond acceptors (Lipinski definition) is 9.